The number of hydrogen-bond acceptors (Lipinski definition) is 8. The molecule has 0 unspecified atom stereocenters. The SMILES string of the molecule is CC[C@@H]1C#CC[C@H]([C@H](O)CCc2ccc(O)c(O[C@H](C[C@H](c3ccnc(N)c3)C3(c4ccc[n-]4)CCCCC3)[C@H](O)CO)c2)[C@@H](O)CCCC1. The number of nitrogens with two attached hydrogens (primary N) is 1. The second-order valence-corrected chi connectivity index (χ2v) is 14.5. The third-order valence-corrected chi connectivity index (χ3v) is 11.2. The number of benzene rings is 1. The van der Waals surface area contributed by atoms with E-state index in [0.29, 0.717) is 43.8 Å². The minimum Gasteiger partial charge on any atom is -0.667 e. The van der Waals surface area contributed by atoms with Gasteiger partial charge in [0.15, 0.2) is 11.5 Å². The van der Waals surface area contributed by atoms with E-state index in [4.69, 9.17) is 15.5 Å². The molecule has 5 rings (SSSR count). The van der Waals surface area contributed by atoms with Gasteiger partial charge in [-0.1, -0.05) is 63.1 Å². The Balaban J connectivity index is 1.37. The van der Waals surface area contributed by atoms with Crippen molar-refractivity contribution in [1.82, 2.24) is 9.97 Å². The molecule has 3 aromatic rings. The van der Waals surface area contributed by atoms with Gasteiger partial charge in [-0.25, -0.2) is 4.98 Å². The molecule has 0 aliphatic heterocycles. The van der Waals surface area contributed by atoms with E-state index >= 15 is 0 Å². The lowest BCUT2D eigenvalue weighted by Crippen LogP contribution is -2.43. The molecule has 7 N–H and O–H groups in total. The van der Waals surface area contributed by atoms with Gasteiger partial charge >= 0.3 is 0 Å². The molecule has 1 fully saturated rings. The van der Waals surface area contributed by atoms with Crippen molar-refractivity contribution in [2.45, 2.75) is 133 Å². The van der Waals surface area contributed by atoms with Gasteiger partial charge in [-0.2, -0.15) is 11.9 Å². The van der Waals surface area contributed by atoms with Gasteiger partial charge in [0, 0.05) is 24.5 Å². The first kappa shape index (κ1) is 37.7. The highest BCUT2D eigenvalue weighted by atomic mass is 16.5. The zero-order valence-electron chi connectivity index (χ0n) is 29.5. The van der Waals surface area contributed by atoms with Crippen molar-refractivity contribution in [3.8, 4) is 23.3 Å². The van der Waals surface area contributed by atoms with E-state index in [9.17, 15) is 25.5 Å². The number of pyridine rings is 1. The van der Waals surface area contributed by atoms with Crippen molar-refractivity contribution in [1.29, 1.82) is 0 Å². The van der Waals surface area contributed by atoms with Crippen molar-refractivity contribution >= 4 is 5.82 Å². The molecule has 272 valence electrons. The Morgan fingerprint density at radius 1 is 1.06 bits per heavy atom. The largest absolute Gasteiger partial charge is 0.667 e. The first-order chi connectivity index (χ1) is 24.2. The fraction of sp³-hybridized carbons (Fsp3) is 0.585. The molecule has 0 amide bonds. The summed E-state index contributed by atoms with van der Waals surface area (Å²) in [7, 11) is 0. The van der Waals surface area contributed by atoms with Crippen LogP contribution in [0.3, 0.4) is 0 Å². The summed E-state index contributed by atoms with van der Waals surface area (Å²) >= 11 is 0. The molecule has 0 bridgehead atoms. The van der Waals surface area contributed by atoms with Crippen LogP contribution in [0.15, 0.2) is 54.9 Å². The maximum Gasteiger partial charge on any atom is 0.161 e. The second-order valence-electron chi connectivity index (χ2n) is 14.5. The summed E-state index contributed by atoms with van der Waals surface area (Å²) in [4.78, 5) is 9.01. The quantitative estimate of drug-likeness (QED) is 0.116. The number of anilines is 1. The van der Waals surface area contributed by atoms with Crippen LogP contribution < -0.4 is 15.5 Å². The van der Waals surface area contributed by atoms with Crippen LogP contribution in [0.25, 0.3) is 0 Å². The van der Waals surface area contributed by atoms with Crippen molar-refractivity contribution in [2.75, 3.05) is 12.3 Å². The van der Waals surface area contributed by atoms with Crippen LogP contribution in [0.1, 0.15) is 113 Å². The van der Waals surface area contributed by atoms with E-state index in [2.05, 4.69) is 29.8 Å². The number of aromatic nitrogens is 2. The van der Waals surface area contributed by atoms with Crippen LogP contribution in [0.4, 0.5) is 5.82 Å². The number of aliphatic hydroxyl groups is 4. The molecule has 2 aliphatic carbocycles. The molecule has 9 nitrogen and oxygen atoms in total. The Labute approximate surface area is 297 Å². The zero-order chi connectivity index (χ0) is 35.5. The maximum absolute atomic E-state index is 11.2. The third kappa shape index (κ3) is 9.41. The van der Waals surface area contributed by atoms with Crippen LogP contribution >= 0.6 is 0 Å². The smallest absolute Gasteiger partial charge is 0.161 e. The predicted octanol–water partition coefficient (Wildman–Crippen LogP) is 5.77. The molecule has 0 radical (unpaired) electrons. The van der Waals surface area contributed by atoms with Crippen LogP contribution in [0, 0.1) is 23.7 Å². The molecule has 50 heavy (non-hydrogen) atoms. The van der Waals surface area contributed by atoms with Crippen molar-refractivity contribution in [3.05, 3.63) is 71.7 Å². The van der Waals surface area contributed by atoms with Crippen molar-refractivity contribution in [3.63, 3.8) is 0 Å². The van der Waals surface area contributed by atoms with Crippen LogP contribution in [-0.2, 0) is 11.8 Å². The second kappa shape index (κ2) is 18.1. The molecular formula is C41H56N3O6-. The Kier molecular flexibility index (Phi) is 13.6. The van der Waals surface area contributed by atoms with Gasteiger partial charge in [0.1, 0.15) is 18.0 Å². The summed E-state index contributed by atoms with van der Waals surface area (Å²) in [6.45, 7) is 1.63. The van der Waals surface area contributed by atoms with Crippen LogP contribution in [-0.4, -0.2) is 61.5 Å². The summed E-state index contributed by atoms with van der Waals surface area (Å²) in [6, 6.07) is 12.9. The number of rotatable bonds is 14. The van der Waals surface area contributed by atoms with Gasteiger partial charge in [-0.15, -0.1) is 5.92 Å². The topological polar surface area (TPSA) is 163 Å². The Hall–Kier alpha value is -3.55. The molecular weight excluding hydrogens is 630 g/mol. The van der Waals surface area contributed by atoms with E-state index < -0.39 is 31.0 Å². The lowest BCUT2D eigenvalue weighted by atomic mass is 9.60. The number of nitrogens with zero attached hydrogens (tertiary/aromatic N) is 2. The highest BCUT2D eigenvalue weighted by molar-refractivity contribution is 5.43. The van der Waals surface area contributed by atoms with E-state index in [1.54, 1.807) is 24.4 Å². The first-order valence-electron chi connectivity index (χ1n) is 18.7. The molecule has 9 heteroatoms. The highest BCUT2D eigenvalue weighted by Gasteiger charge is 2.42. The number of ether oxygens (including phenoxy) is 1. The normalized spacial score (nSPS) is 23.5. The summed E-state index contributed by atoms with van der Waals surface area (Å²) in [6.07, 6.45) is 11.4. The molecule has 1 aromatic carbocycles. The van der Waals surface area contributed by atoms with E-state index in [1.807, 2.05) is 24.4 Å². The first-order valence-corrected chi connectivity index (χ1v) is 18.7. The fourth-order valence-corrected chi connectivity index (χ4v) is 8.24. The molecule has 2 heterocycles. The van der Waals surface area contributed by atoms with Crippen LogP contribution in [0.2, 0.25) is 0 Å². The average Bonchev–Trinajstić information content (AvgIpc) is 3.69. The van der Waals surface area contributed by atoms with Crippen molar-refractivity contribution in [2.24, 2.45) is 11.8 Å². The fourth-order valence-electron chi connectivity index (χ4n) is 8.24. The minimum atomic E-state index is -1.22. The Bertz CT molecular complexity index is 1530. The summed E-state index contributed by atoms with van der Waals surface area (Å²) in [5.74, 6) is 6.98. The third-order valence-electron chi connectivity index (χ3n) is 11.2. The number of phenolic OH excluding ortho intramolecular Hbond substituents is 1. The molecule has 7 atom stereocenters. The number of aliphatic hydroxyl groups excluding tert-OH is 4. The monoisotopic (exact) mass is 686 g/mol. The number of phenols is 1. The molecule has 0 spiro atoms. The van der Waals surface area contributed by atoms with Crippen molar-refractivity contribution < 1.29 is 30.3 Å². The number of aromatic hydroxyl groups is 1. The van der Waals surface area contributed by atoms with E-state index in [0.717, 1.165) is 74.6 Å². The summed E-state index contributed by atoms with van der Waals surface area (Å²) in [5.41, 5.74) is 8.65. The number of aryl methyl sites for hydroxylation is 1. The average molecular weight is 687 g/mol. The van der Waals surface area contributed by atoms with Gasteiger partial charge in [-0.05, 0) is 98.1 Å². The molecule has 2 aliphatic rings. The Morgan fingerprint density at radius 2 is 1.86 bits per heavy atom. The van der Waals surface area contributed by atoms with Gasteiger partial charge in [0.2, 0.25) is 0 Å². The lowest BCUT2D eigenvalue weighted by molar-refractivity contribution is -0.0138. The van der Waals surface area contributed by atoms with E-state index in [1.165, 1.54) is 0 Å². The zero-order valence-corrected chi connectivity index (χ0v) is 29.5. The number of hydrogen-bond donors (Lipinski definition) is 6. The number of nitrogen functional groups attached to an aromatic ring is 1. The summed E-state index contributed by atoms with van der Waals surface area (Å²) < 4.78 is 6.44. The lowest BCUT2D eigenvalue weighted by Gasteiger charge is -2.48. The minimum absolute atomic E-state index is 0.0808. The summed E-state index contributed by atoms with van der Waals surface area (Å²) in [5, 5.41) is 54.5. The maximum atomic E-state index is 11.2. The predicted molar refractivity (Wildman–Crippen MR) is 195 cm³/mol. The highest BCUT2D eigenvalue weighted by Crippen LogP contribution is 2.51. The standard InChI is InChI=1S/C41H56N3O6/c1-2-28-10-4-5-13-33(46)31(12-8-11-28)34(47)17-15-29-16-18-35(48)37(24-29)50-38(36(49)27-45)26-32(30-19-23-44-40(42)25-30)41(20-6-3-7-21-41)39-14-9-22-43-39/h9,14,16,18-19,22-25,28,31-34,36,38,45-49H,2-7,10,12-13,15,17,20-21,26-27H2,1H3,(H2,42,44)/q-1/t28-,31-,32+,33-,34+,36+,38+/m0/s1. The molecule has 2 aromatic heterocycles. The molecule has 0 saturated heterocycles. The van der Waals surface area contributed by atoms with Gasteiger partial charge in [0.05, 0.1) is 18.8 Å². The van der Waals surface area contributed by atoms with Crippen LogP contribution in [0.5, 0.6) is 11.5 Å². The molecule has 1 saturated carbocycles. The van der Waals surface area contributed by atoms with Gasteiger partial charge in [-0.3, -0.25) is 0 Å². The van der Waals surface area contributed by atoms with Gasteiger partial charge < -0.3 is 41.0 Å². The van der Waals surface area contributed by atoms with Gasteiger partial charge in [0.25, 0.3) is 0 Å². The Morgan fingerprint density at radius 3 is 2.58 bits per heavy atom. The van der Waals surface area contributed by atoms with E-state index in [-0.39, 0.29) is 28.7 Å².